The third kappa shape index (κ3) is 2.01. The van der Waals surface area contributed by atoms with Crippen LogP contribution in [0.15, 0.2) is 0 Å². The summed E-state index contributed by atoms with van der Waals surface area (Å²) >= 11 is 0. The van der Waals surface area contributed by atoms with Crippen LogP contribution in [0.1, 0.15) is 34.0 Å². The van der Waals surface area contributed by atoms with Crippen LogP contribution in [-0.2, 0) is 4.79 Å². The number of carbonyl (C=O) groups excluding carboxylic acids is 1. The van der Waals surface area contributed by atoms with Crippen molar-refractivity contribution in [3.05, 3.63) is 0 Å². The maximum Gasteiger partial charge on any atom is 0.222 e. The lowest BCUT2D eigenvalue weighted by Gasteiger charge is -2.15. The smallest absolute Gasteiger partial charge is 0.222 e. The minimum atomic E-state index is 0. The number of carbonyl (C=O) groups is 1. The van der Waals surface area contributed by atoms with Crippen LogP contribution < -0.4 is 5.32 Å². The number of rotatable bonds is 0. The molecule has 0 bridgehead atoms. The Kier molecular flexibility index (Phi) is 2.72. The van der Waals surface area contributed by atoms with Crippen molar-refractivity contribution in [1.29, 1.82) is 0 Å². The number of hydrogen-bond acceptors (Lipinski definition) is 1. The minimum Gasteiger partial charge on any atom is -0.356 e. The van der Waals surface area contributed by atoms with Crippen molar-refractivity contribution in [3.8, 4) is 0 Å². The highest BCUT2D eigenvalue weighted by Crippen LogP contribution is 2.11. The van der Waals surface area contributed by atoms with Crippen LogP contribution in [0.5, 0.6) is 0 Å². The summed E-state index contributed by atoms with van der Waals surface area (Å²) in [6, 6.07) is 0. The predicted octanol–water partition coefficient (Wildman–Crippen LogP) is 1.56. The van der Waals surface area contributed by atoms with E-state index >= 15 is 0 Å². The second-order valence-electron chi connectivity index (χ2n) is 3.04. The van der Waals surface area contributed by atoms with Crippen LogP contribution in [-0.4, -0.2) is 12.5 Å². The van der Waals surface area contributed by atoms with Crippen molar-refractivity contribution in [2.24, 2.45) is 5.92 Å². The molecule has 1 heterocycles. The number of amides is 1. The molecule has 10 heavy (non-hydrogen) atoms. The summed E-state index contributed by atoms with van der Waals surface area (Å²) in [6.07, 6.45) is 4.70. The van der Waals surface area contributed by atoms with Crippen molar-refractivity contribution in [2.45, 2.75) is 32.6 Å². The molecule has 60 valence electrons. The molecule has 2 nitrogen and oxygen atoms in total. The van der Waals surface area contributed by atoms with E-state index in [9.17, 15) is 4.79 Å². The van der Waals surface area contributed by atoms with Gasteiger partial charge in [0.25, 0.3) is 0 Å². The Bertz CT molecular complexity index is 127. The first-order valence-corrected chi connectivity index (χ1v) is 4.08. The molecule has 0 radical (unpaired) electrons. The fraction of sp³-hybridized carbons (Fsp3) is 0.875. The summed E-state index contributed by atoms with van der Waals surface area (Å²) in [4.78, 5) is 11.1. The van der Waals surface area contributed by atoms with E-state index in [1.165, 1.54) is 12.8 Å². The maximum absolute atomic E-state index is 11.1. The molecular weight excluding hydrogens is 126 g/mol. The van der Waals surface area contributed by atoms with E-state index < -0.39 is 0 Å². The van der Waals surface area contributed by atoms with Gasteiger partial charge in [-0.15, -0.1) is 0 Å². The molecule has 1 atom stereocenters. The normalized spacial score (nSPS) is 28.5. The SMILES string of the molecule is CC1CCCCCNC1=O.[HH]. The summed E-state index contributed by atoms with van der Waals surface area (Å²) in [6.45, 7) is 2.88. The van der Waals surface area contributed by atoms with Gasteiger partial charge in [0, 0.05) is 13.9 Å². The lowest BCUT2D eigenvalue weighted by molar-refractivity contribution is -0.124. The molecule has 1 fully saturated rings. The van der Waals surface area contributed by atoms with Gasteiger partial charge in [0.1, 0.15) is 0 Å². The number of hydrogen-bond donors (Lipinski definition) is 1. The molecule has 1 saturated heterocycles. The van der Waals surface area contributed by atoms with E-state index in [4.69, 9.17) is 0 Å². The van der Waals surface area contributed by atoms with E-state index in [0.717, 1.165) is 19.4 Å². The van der Waals surface area contributed by atoms with Crippen LogP contribution in [0.4, 0.5) is 0 Å². The van der Waals surface area contributed by atoms with Gasteiger partial charge in [-0.05, 0) is 12.8 Å². The molecule has 1 rings (SSSR count). The average Bonchev–Trinajstić information content (AvgIpc) is 1.92. The molecule has 0 spiro atoms. The molecule has 0 aromatic carbocycles. The van der Waals surface area contributed by atoms with Gasteiger partial charge in [0.15, 0.2) is 0 Å². The van der Waals surface area contributed by atoms with Crippen molar-refractivity contribution in [2.75, 3.05) is 6.54 Å². The molecule has 1 amide bonds. The summed E-state index contributed by atoms with van der Waals surface area (Å²) in [5.41, 5.74) is 0. The van der Waals surface area contributed by atoms with Crippen LogP contribution >= 0.6 is 0 Å². The molecular formula is C8H17NO. The topological polar surface area (TPSA) is 29.1 Å². The molecule has 2 heteroatoms. The monoisotopic (exact) mass is 143 g/mol. The average molecular weight is 143 g/mol. The van der Waals surface area contributed by atoms with Gasteiger partial charge in [-0.2, -0.15) is 0 Å². The third-order valence-electron chi connectivity index (χ3n) is 2.06. The molecule has 0 aromatic rings. The first-order chi connectivity index (χ1) is 4.80. The first kappa shape index (κ1) is 7.58. The Morgan fingerprint density at radius 1 is 1.50 bits per heavy atom. The molecule has 0 saturated carbocycles. The van der Waals surface area contributed by atoms with Gasteiger partial charge in [0.05, 0.1) is 0 Å². The lowest BCUT2D eigenvalue weighted by atomic mass is 10.0. The molecule has 0 aliphatic carbocycles. The summed E-state index contributed by atoms with van der Waals surface area (Å²) in [5, 5.41) is 2.90. The summed E-state index contributed by atoms with van der Waals surface area (Å²) in [5.74, 6) is 0.472. The van der Waals surface area contributed by atoms with Gasteiger partial charge in [-0.3, -0.25) is 4.79 Å². The zero-order valence-corrected chi connectivity index (χ0v) is 6.52. The molecule has 1 aliphatic rings. The van der Waals surface area contributed by atoms with Crippen molar-refractivity contribution in [3.63, 3.8) is 0 Å². The van der Waals surface area contributed by atoms with Gasteiger partial charge in [0.2, 0.25) is 5.91 Å². The fourth-order valence-electron chi connectivity index (χ4n) is 1.27. The lowest BCUT2D eigenvalue weighted by Crippen LogP contribution is -2.31. The quantitative estimate of drug-likeness (QED) is 0.547. The fourth-order valence-corrected chi connectivity index (χ4v) is 1.27. The Labute approximate surface area is 63.5 Å². The Morgan fingerprint density at radius 3 is 3.10 bits per heavy atom. The second kappa shape index (κ2) is 3.59. The standard InChI is InChI=1S/C8H15NO.H2/c1-7-5-3-2-4-6-9-8(7)10;/h7H,2-6H2,1H3,(H,9,10);1H. The second-order valence-corrected chi connectivity index (χ2v) is 3.04. The van der Waals surface area contributed by atoms with Gasteiger partial charge < -0.3 is 5.32 Å². The van der Waals surface area contributed by atoms with E-state index in [2.05, 4.69) is 5.32 Å². The number of nitrogens with one attached hydrogen (secondary N) is 1. The molecule has 1 N–H and O–H groups in total. The molecule has 1 unspecified atom stereocenters. The third-order valence-corrected chi connectivity index (χ3v) is 2.06. The first-order valence-electron chi connectivity index (χ1n) is 4.08. The Morgan fingerprint density at radius 2 is 2.30 bits per heavy atom. The zero-order valence-electron chi connectivity index (χ0n) is 6.52. The summed E-state index contributed by atoms with van der Waals surface area (Å²) in [7, 11) is 0. The predicted molar refractivity (Wildman–Crippen MR) is 42.8 cm³/mol. The van der Waals surface area contributed by atoms with Gasteiger partial charge >= 0.3 is 0 Å². The highest BCUT2D eigenvalue weighted by Gasteiger charge is 2.13. The minimum absolute atomic E-state index is 0. The van der Waals surface area contributed by atoms with Crippen molar-refractivity contribution < 1.29 is 6.22 Å². The van der Waals surface area contributed by atoms with E-state index in [1.807, 2.05) is 6.92 Å². The van der Waals surface area contributed by atoms with Gasteiger partial charge in [-0.1, -0.05) is 19.8 Å². The van der Waals surface area contributed by atoms with Gasteiger partial charge in [-0.25, -0.2) is 0 Å². The zero-order chi connectivity index (χ0) is 7.40. The molecule has 1 aliphatic heterocycles. The molecule has 0 aromatic heterocycles. The maximum atomic E-state index is 11.1. The highest BCUT2D eigenvalue weighted by atomic mass is 16.1. The Hall–Kier alpha value is -0.530. The van der Waals surface area contributed by atoms with Crippen LogP contribution in [0.2, 0.25) is 0 Å². The van der Waals surface area contributed by atoms with Crippen molar-refractivity contribution in [1.82, 2.24) is 5.32 Å². The van der Waals surface area contributed by atoms with E-state index in [-0.39, 0.29) is 13.3 Å². The Balaban J connectivity index is 0.000001000. The van der Waals surface area contributed by atoms with Crippen LogP contribution in [0.25, 0.3) is 0 Å². The highest BCUT2D eigenvalue weighted by molar-refractivity contribution is 5.78. The van der Waals surface area contributed by atoms with Crippen LogP contribution in [0.3, 0.4) is 0 Å². The van der Waals surface area contributed by atoms with Crippen LogP contribution in [0, 0.1) is 5.92 Å². The largest absolute Gasteiger partial charge is 0.356 e. The van der Waals surface area contributed by atoms with E-state index in [1.54, 1.807) is 0 Å². The summed E-state index contributed by atoms with van der Waals surface area (Å²) < 4.78 is 0. The van der Waals surface area contributed by atoms with E-state index in [0.29, 0.717) is 0 Å². The van der Waals surface area contributed by atoms with Crippen molar-refractivity contribution >= 4 is 5.91 Å².